The summed E-state index contributed by atoms with van der Waals surface area (Å²) >= 11 is 3.42. The van der Waals surface area contributed by atoms with Crippen LogP contribution in [0.1, 0.15) is 13.8 Å². The topological polar surface area (TPSA) is 41.6 Å². The van der Waals surface area contributed by atoms with Crippen molar-refractivity contribution in [3.05, 3.63) is 28.7 Å². The summed E-state index contributed by atoms with van der Waals surface area (Å²) in [6.45, 7) is 6.28. The van der Waals surface area contributed by atoms with Gasteiger partial charge in [0.05, 0.1) is 4.47 Å². The van der Waals surface area contributed by atoms with Crippen molar-refractivity contribution < 1.29 is 9.53 Å². The van der Waals surface area contributed by atoms with E-state index in [1.807, 2.05) is 29.2 Å². The van der Waals surface area contributed by atoms with Gasteiger partial charge in [-0.1, -0.05) is 12.1 Å². The Balaban J connectivity index is 2.01. The van der Waals surface area contributed by atoms with Gasteiger partial charge >= 0.3 is 0 Å². The Morgan fingerprint density at radius 2 is 2.26 bits per heavy atom. The lowest BCUT2D eigenvalue weighted by Gasteiger charge is -2.35. The Labute approximate surface area is 122 Å². The van der Waals surface area contributed by atoms with Crippen LogP contribution < -0.4 is 10.1 Å². The number of nitrogens with zero attached hydrogens (tertiary/aromatic N) is 1. The van der Waals surface area contributed by atoms with E-state index in [0.29, 0.717) is 5.75 Å². The molecule has 1 aromatic rings. The van der Waals surface area contributed by atoms with Gasteiger partial charge in [0.1, 0.15) is 5.75 Å². The minimum absolute atomic E-state index is 0.0461. The van der Waals surface area contributed by atoms with E-state index in [0.717, 1.165) is 24.1 Å². The number of hydrogen-bond donors (Lipinski definition) is 1. The third kappa shape index (κ3) is 3.48. The summed E-state index contributed by atoms with van der Waals surface area (Å²) in [5.41, 5.74) is 0. The molecule has 0 aliphatic carbocycles. The van der Waals surface area contributed by atoms with Crippen LogP contribution in [0.3, 0.4) is 0 Å². The van der Waals surface area contributed by atoms with Gasteiger partial charge in [0.15, 0.2) is 6.10 Å². The third-order valence-electron chi connectivity index (χ3n) is 3.27. The summed E-state index contributed by atoms with van der Waals surface area (Å²) < 4.78 is 6.61. The number of para-hydroxylation sites is 1. The molecular weight excluding hydrogens is 308 g/mol. The molecule has 1 amide bonds. The summed E-state index contributed by atoms with van der Waals surface area (Å²) in [5, 5.41) is 3.27. The van der Waals surface area contributed by atoms with Crippen molar-refractivity contribution in [2.75, 3.05) is 19.6 Å². The molecule has 5 heteroatoms. The fourth-order valence-corrected chi connectivity index (χ4v) is 2.56. The van der Waals surface area contributed by atoms with E-state index in [4.69, 9.17) is 4.74 Å². The van der Waals surface area contributed by atoms with Crippen molar-refractivity contribution >= 4 is 21.8 Å². The number of piperazine rings is 1. The first-order valence-corrected chi connectivity index (χ1v) is 7.31. The highest BCUT2D eigenvalue weighted by Gasteiger charge is 2.28. The highest BCUT2D eigenvalue weighted by atomic mass is 79.9. The average Bonchev–Trinajstić information content (AvgIpc) is 2.41. The summed E-state index contributed by atoms with van der Waals surface area (Å²) in [6, 6.07) is 7.79. The van der Waals surface area contributed by atoms with Crippen molar-refractivity contribution in [1.29, 1.82) is 0 Å². The van der Waals surface area contributed by atoms with Crippen molar-refractivity contribution in [3.8, 4) is 5.75 Å². The van der Waals surface area contributed by atoms with Gasteiger partial charge in [-0.2, -0.15) is 0 Å². The summed E-state index contributed by atoms with van der Waals surface area (Å²) in [5.74, 6) is 0.746. The molecule has 0 bridgehead atoms. The lowest BCUT2D eigenvalue weighted by molar-refractivity contribution is -0.140. The predicted octanol–water partition coefficient (Wildman–Crippen LogP) is 2.04. The molecule has 1 N–H and O–H groups in total. The Hall–Kier alpha value is -1.07. The summed E-state index contributed by atoms with van der Waals surface area (Å²) in [6.07, 6.45) is -0.473. The maximum atomic E-state index is 12.4. The van der Waals surface area contributed by atoms with E-state index in [-0.39, 0.29) is 11.9 Å². The van der Waals surface area contributed by atoms with Crippen molar-refractivity contribution in [1.82, 2.24) is 10.2 Å². The van der Waals surface area contributed by atoms with Crippen LogP contribution >= 0.6 is 15.9 Å². The molecule has 1 aromatic carbocycles. The van der Waals surface area contributed by atoms with E-state index in [2.05, 4.69) is 28.2 Å². The zero-order valence-electron chi connectivity index (χ0n) is 11.2. The van der Waals surface area contributed by atoms with Crippen LogP contribution in [-0.4, -0.2) is 42.6 Å². The number of carbonyl (C=O) groups excluding carboxylic acids is 1. The monoisotopic (exact) mass is 326 g/mol. The Morgan fingerprint density at radius 1 is 1.53 bits per heavy atom. The number of benzene rings is 1. The summed E-state index contributed by atoms with van der Waals surface area (Å²) in [7, 11) is 0. The quantitative estimate of drug-likeness (QED) is 0.924. The van der Waals surface area contributed by atoms with E-state index < -0.39 is 6.10 Å². The molecule has 0 unspecified atom stereocenters. The van der Waals surface area contributed by atoms with Gasteiger partial charge < -0.3 is 15.0 Å². The van der Waals surface area contributed by atoms with Gasteiger partial charge in [-0.25, -0.2) is 0 Å². The van der Waals surface area contributed by atoms with Gasteiger partial charge in [-0.15, -0.1) is 0 Å². The third-order valence-corrected chi connectivity index (χ3v) is 3.93. The van der Waals surface area contributed by atoms with Crippen molar-refractivity contribution in [3.63, 3.8) is 0 Å². The number of carbonyl (C=O) groups is 1. The first-order chi connectivity index (χ1) is 9.09. The van der Waals surface area contributed by atoms with E-state index in [1.165, 1.54) is 0 Å². The molecular formula is C14H19BrN2O2. The normalized spacial score (nSPS) is 21.0. The van der Waals surface area contributed by atoms with Gasteiger partial charge in [0.25, 0.3) is 5.91 Å². The minimum Gasteiger partial charge on any atom is -0.480 e. The zero-order chi connectivity index (χ0) is 13.8. The van der Waals surface area contributed by atoms with Crippen LogP contribution in [0.5, 0.6) is 5.75 Å². The molecule has 1 saturated heterocycles. The highest BCUT2D eigenvalue weighted by molar-refractivity contribution is 9.10. The number of amides is 1. The Morgan fingerprint density at radius 3 is 2.95 bits per heavy atom. The van der Waals surface area contributed by atoms with Crippen LogP contribution in [0, 0.1) is 0 Å². The standard InChI is InChI=1S/C14H19BrN2O2/c1-10-9-16-7-8-17(10)14(18)11(2)19-13-6-4-3-5-12(13)15/h3-6,10-11,16H,7-9H2,1-2H3/t10-,11-/m1/s1. The van der Waals surface area contributed by atoms with Gasteiger partial charge in [0.2, 0.25) is 0 Å². The smallest absolute Gasteiger partial charge is 0.263 e. The summed E-state index contributed by atoms with van der Waals surface area (Å²) in [4.78, 5) is 14.3. The van der Waals surface area contributed by atoms with Crippen LogP contribution in [0.4, 0.5) is 0 Å². The maximum Gasteiger partial charge on any atom is 0.263 e. The number of rotatable bonds is 3. The molecule has 1 fully saturated rings. The second kappa shape index (κ2) is 6.39. The fraction of sp³-hybridized carbons (Fsp3) is 0.500. The maximum absolute atomic E-state index is 12.4. The molecule has 4 nitrogen and oxygen atoms in total. The fourth-order valence-electron chi connectivity index (χ4n) is 2.18. The Bertz CT molecular complexity index is 453. The first kappa shape index (κ1) is 14.3. The second-order valence-corrected chi connectivity index (χ2v) is 5.63. The lowest BCUT2D eigenvalue weighted by Crippen LogP contribution is -2.55. The van der Waals surface area contributed by atoms with Crippen LogP contribution in [0.25, 0.3) is 0 Å². The minimum atomic E-state index is -0.473. The molecule has 2 atom stereocenters. The van der Waals surface area contributed by atoms with E-state index in [9.17, 15) is 4.79 Å². The van der Waals surface area contributed by atoms with Gasteiger partial charge in [-0.05, 0) is 41.9 Å². The van der Waals surface area contributed by atoms with Crippen LogP contribution in [0.15, 0.2) is 28.7 Å². The Kier molecular flexibility index (Phi) is 4.82. The first-order valence-electron chi connectivity index (χ1n) is 6.52. The molecule has 1 aliphatic heterocycles. The largest absolute Gasteiger partial charge is 0.480 e. The molecule has 1 heterocycles. The molecule has 0 radical (unpaired) electrons. The molecule has 104 valence electrons. The van der Waals surface area contributed by atoms with Crippen molar-refractivity contribution in [2.24, 2.45) is 0 Å². The van der Waals surface area contributed by atoms with E-state index in [1.54, 1.807) is 6.92 Å². The predicted molar refractivity (Wildman–Crippen MR) is 78.3 cm³/mol. The number of nitrogens with one attached hydrogen (secondary N) is 1. The highest BCUT2D eigenvalue weighted by Crippen LogP contribution is 2.25. The number of halogens is 1. The number of ether oxygens (including phenoxy) is 1. The molecule has 19 heavy (non-hydrogen) atoms. The SMILES string of the molecule is C[C@@H]1CNCCN1C(=O)[C@@H](C)Oc1ccccc1Br. The van der Waals surface area contributed by atoms with Crippen LogP contribution in [-0.2, 0) is 4.79 Å². The second-order valence-electron chi connectivity index (χ2n) is 4.78. The van der Waals surface area contributed by atoms with Crippen LogP contribution in [0.2, 0.25) is 0 Å². The van der Waals surface area contributed by atoms with Gasteiger partial charge in [-0.3, -0.25) is 4.79 Å². The molecule has 1 aliphatic rings. The van der Waals surface area contributed by atoms with Gasteiger partial charge in [0, 0.05) is 25.7 Å². The van der Waals surface area contributed by atoms with E-state index >= 15 is 0 Å². The molecule has 0 saturated carbocycles. The lowest BCUT2D eigenvalue weighted by atomic mass is 10.2. The van der Waals surface area contributed by atoms with Crippen molar-refractivity contribution in [2.45, 2.75) is 26.0 Å². The molecule has 0 spiro atoms. The average molecular weight is 327 g/mol. The molecule has 2 rings (SSSR count). The number of hydrogen-bond acceptors (Lipinski definition) is 3. The zero-order valence-corrected chi connectivity index (χ0v) is 12.8. The molecule has 0 aromatic heterocycles.